The molecule has 10 heteroatoms. The summed E-state index contributed by atoms with van der Waals surface area (Å²) < 4.78 is 6.14. The summed E-state index contributed by atoms with van der Waals surface area (Å²) >= 11 is 2.87. The topological polar surface area (TPSA) is 113 Å². The van der Waals surface area contributed by atoms with Crippen LogP contribution in [0.25, 0.3) is 0 Å². The van der Waals surface area contributed by atoms with Crippen LogP contribution in [-0.2, 0) is 30.3 Å². The van der Waals surface area contributed by atoms with Crippen LogP contribution < -0.4 is 5.32 Å². The van der Waals surface area contributed by atoms with E-state index in [2.05, 4.69) is 5.32 Å². The second kappa shape index (κ2) is 13.8. The van der Waals surface area contributed by atoms with Crippen molar-refractivity contribution in [1.29, 1.82) is 0 Å². The van der Waals surface area contributed by atoms with Crippen LogP contribution in [0.5, 0.6) is 0 Å². The van der Waals surface area contributed by atoms with Gasteiger partial charge in [-0.05, 0) is 22.3 Å². The molecule has 5 rings (SSSR count). The normalized spacial score (nSPS) is 17.8. The fourth-order valence-electron chi connectivity index (χ4n) is 4.89. The van der Waals surface area contributed by atoms with Crippen LogP contribution >= 0.6 is 23.5 Å². The van der Waals surface area contributed by atoms with Gasteiger partial charge in [0.15, 0.2) is 6.10 Å². The summed E-state index contributed by atoms with van der Waals surface area (Å²) in [7, 11) is 0. The van der Waals surface area contributed by atoms with Gasteiger partial charge in [0.25, 0.3) is 5.91 Å². The zero-order valence-electron chi connectivity index (χ0n) is 22.7. The standard InChI is InChI=1S/C32H30N2O6S2/c35-25(18-21-10-4-1-5-11-21)33-27-30(38)34-28(24(20-42-31(27)34)19-41-17-16-26(36)37)32(39)40-29(22-12-6-2-7-13-22)23-14-8-3-9-15-23/h1-15,27,29,31H,16-20H2,(H,33,35)(H,36,37). The Morgan fingerprint density at radius 3 is 2.14 bits per heavy atom. The van der Waals surface area contributed by atoms with Crippen molar-refractivity contribution in [3.8, 4) is 0 Å². The third-order valence-electron chi connectivity index (χ3n) is 6.93. The minimum atomic E-state index is -0.894. The molecule has 2 aliphatic rings. The third kappa shape index (κ3) is 6.88. The molecule has 42 heavy (non-hydrogen) atoms. The molecule has 0 bridgehead atoms. The number of fused-ring (bicyclic) bond motifs is 1. The van der Waals surface area contributed by atoms with E-state index < -0.39 is 29.5 Å². The number of aliphatic carboxylic acids is 1. The number of carbonyl (C=O) groups is 4. The van der Waals surface area contributed by atoms with E-state index in [1.54, 1.807) is 0 Å². The number of benzene rings is 3. The van der Waals surface area contributed by atoms with Gasteiger partial charge >= 0.3 is 11.9 Å². The van der Waals surface area contributed by atoms with Crippen molar-refractivity contribution < 1.29 is 29.0 Å². The fraction of sp³-hybridized carbons (Fsp3) is 0.250. The van der Waals surface area contributed by atoms with Crippen molar-refractivity contribution in [3.05, 3.63) is 119 Å². The molecule has 1 saturated heterocycles. The Bertz CT molecular complexity index is 1430. The highest BCUT2D eigenvalue weighted by Gasteiger charge is 2.54. The van der Waals surface area contributed by atoms with Crippen LogP contribution in [0.1, 0.15) is 29.2 Å². The lowest BCUT2D eigenvalue weighted by Crippen LogP contribution is -2.70. The monoisotopic (exact) mass is 602 g/mol. The summed E-state index contributed by atoms with van der Waals surface area (Å²) in [6.45, 7) is 0. The van der Waals surface area contributed by atoms with E-state index >= 15 is 0 Å². The van der Waals surface area contributed by atoms with Crippen molar-refractivity contribution >= 4 is 47.3 Å². The number of rotatable bonds is 12. The zero-order chi connectivity index (χ0) is 29.5. The van der Waals surface area contributed by atoms with Gasteiger partial charge in [0.05, 0.1) is 12.8 Å². The molecule has 2 heterocycles. The highest BCUT2D eigenvalue weighted by atomic mass is 32.2. The molecule has 2 atom stereocenters. The van der Waals surface area contributed by atoms with E-state index in [1.165, 1.54) is 28.4 Å². The average molecular weight is 603 g/mol. The van der Waals surface area contributed by atoms with Gasteiger partial charge in [-0.15, -0.1) is 11.8 Å². The van der Waals surface area contributed by atoms with E-state index in [1.807, 2.05) is 91.0 Å². The number of esters is 1. The summed E-state index contributed by atoms with van der Waals surface area (Å²) in [5.74, 6) is -0.957. The molecule has 2 unspecified atom stereocenters. The summed E-state index contributed by atoms with van der Waals surface area (Å²) in [6, 6.07) is 27.3. The van der Waals surface area contributed by atoms with Crippen LogP contribution in [-0.4, -0.2) is 62.4 Å². The van der Waals surface area contributed by atoms with Crippen molar-refractivity contribution in [3.63, 3.8) is 0 Å². The summed E-state index contributed by atoms with van der Waals surface area (Å²) in [4.78, 5) is 52.6. The predicted molar refractivity (Wildman–Crippen MR) is 163 cm³/mol. The number of ether oxygens (including phenoxy) is 1. The van der Waals surface area contributed by atoms with Crippen LogP contribution in [0.3, 0.4) is 0 Å². The highest BCUT2D eigenvalue weighted by Crippen LogP contribution is 2.42. The second-order valence-electron chi connectivity index (χ2n) is 9.87. The molecule has 0 radical (unpaired) electrons. The maximum Gasteiger partial charge on any atom is 0.356 e. The maximum absolute atomic E-state index is 13.9. The Morgan fingerprint density at radius 2 is 1.55 bits per heavy atom. The van der Waals surface area contributed by atoms with Gasteiger partial charge in [-0.1, -0.05) is 91.0 Å². The van der Waals surface area contributed by atoms with Crippen molar-refractivity contribution in [2.45, 2.75) is 30.4 Å². The number of nitrogens with one attached hydrogen (secondary N) is 1. The number of nitrogens with zero attached hydrogens (tertiary/aromatic N) is 1. The molecule has 2 N–H and O–H groups in total. The number of carbonyl (C=O) groups excluding carboxylic acids is 3. The number of hydrogen-bond acceptors (Lipinski definition) is 7. The molecular formula is C32H30N2O6S2. The quantitative estimate of drug-likeness (QED) is 0.178. The fourth-order valence-corrected chi connectivity index (χ4v) is 7.31. The first-order valence-electron chi connectivity index (χ1n) is 13.5. The first kappa shape index (κ1) is 29.5. The lowest BCUT2D eigenvalue weighted by Gasteiger charge is -2.50. The van der Waals surface area contributed by atoms with E-state index in [0.29, 0.717) is 22.8 Å². The molecule has 3 aromatic rings. The minimum Gasteiger partial charge on any atom is -0.481 e. The molecule has 0 spiro atoms. The van der Waals surface area contributed by atoms with Gasteiger partial charge in [0, 0.05) is 17.3 Å². The van der Waals surface area contributed by atoms with Crippen LogP contribution in [0.4, 0.5) is 0 Å². The molecule has 8 nitrogen and oxygen atoms in total. The van der Waals surface area contributed by atoms with E-state index in [4.69, 9.17) is 9.84 Å². The van der Waals surface area contributed by atoms with E-state index in [9.17, 15) is 19.2 Å². The Hall–Kier alpha value is -4.02. The molecule has 216 valence electrons. The predicted octanol–water partition coefficient (Wildman–Crippen LogP) is 4.42. The SMILES string of the molecule is O=C(O)CCSCC1=C(C(=O)OC(c2ccccc2)c2ccccc2)N2C(=O)C(NC(=O)Cc3ccccc3)C2SC1. The van der Waals surface area contributed by atoms with Gasteiger partial charge in [-0.3, -0.25) is 19.3 Å². The maximum atomic E-state index is 13.9. The molecule has 0 saturated carbocycles. The first-order valence-corrected chi connectivity index (χ1v) is 15.7. The smallest absolute Gasteiger partial charge is 0.356 e. The summed E-state index contributed by atoms with van der Waals surface area (Å²) in [6.07, 6.45) is -0.553. The lowest BCUT2D eigenvalue weighted by molar-refractivity contribution is -0.154. The number of carboxylic acids is 1. The number of hydrogen-bond donors (Lipinski definition) is 2. The van der Waals surface area contributed by atoms with Crippen LogP contribution in [0.2, 0.25) is 0 Å². The highest BCUT2D eigenvalue weighted by molar-refractivity contribution is 8.01. The number of carboxylic acid groups (broad SMARTS) is 1. The van der Waals surface area contributed by atoms with Crippen LogP contribution in [0.15, 0.2) is 102 Å². The summed E-state index contributed by atoms with van der Waals surface area (Å²) in [5, 5.41) is 11.4. The van der Waals surface area contributed by atoms with Gasteiger partial charge < -0.3 is 15.2 Å². The summed E-state index contributed by atoms with van der Waals surface area (Å²) in [5.41, 5.74) is 3.30. The first-order chi connectivity index (χ1) is 20.4. The van der Waals surface area contributed by atoms with Gasteiger partial charge in [-0.2, -0.15) is 11.8 Å². The molecule has 2 aliphatic heterocycles. The molecule has 1 fully saturated rings. The lowest BCUT2D eigenvalue weighted by atomic mass is 10.0. The van der Waals surface area contributed by atoms with Crippen molar-refractivity contribution in [2.24, 2.45) is 0 Å². The minimum absolute atomic E-state index is 0.00422. The van der Waals surface area contributed by atoms with E-state index in [-0.39, 0.29) is 30.4 Å². The van der Waals surface area contributed by atoms with Crippen molar-refractivity contribution in [1.82, 2.24) is 10.2 Å². The van der Waals surface area contributed by atoms with E-state index in [0.717, 1.165) is 16.7 Å². The molecule has 0 aromatic heterocycles. The molecule has 3 aromatic carbocycles. The Balaban J connectivity index is 1.38. The Labute approximate surface area is 252 Å². The molecule has 2 amide bonds. The average Bonchev–Trinajstić information content (AvgIpc) is 3.01. The Kier molecular flexibility index (Phi) is 9.66. The second-order valence-corrected chi connectivity index (χ2v) is 12.1. The zero-order valence-corrected chi connectivity index (χ0v) is 24.3. The van der Waals surface area contributed by atoms with Gasteiger partial charge in [-0.25, -0.2) is 4.79 Å². The number of thioether (sulfide) groups is 2. The number of amides is 2. The molecular weight excluding hydrogens is 572 g/mol. The largest absolute Gasteiger partial charge is 0.481 e. The third-order valence-corrected chi connectivity index (χ3v) is 9.32. The van der Waals surface area contributed by atoms with Gasteiger partial charge in [0.2, 0.25) is 5.91 Å². The number of β-lactam (4-membered cyclic amide) rings is 1. The van der Waals surface area contributed by atoms with Crippen LogP contribution in [0, 0.1) is 0 Å². The van der Waals surface area contributed by atoms with Gasteiger partial charge in [0.1, 0.15) is 17.1 Å². The Morgan fingerprint density at radius 1 is 0.952 bits per heavy atom. The van der Waals surface area contributed by atoms with Crippen molar-refractivity contribution in [2.75, 3.05) is 17.3 Å². The molecule has 0 aliphatic carbocycles.